The number of amides is 1. The maximum Gasteiger partial charge on any atom is 0.254 e. The zero-order valence-electron chi connectivity index (χ0n) is 13.6. The first-order valence-corrected chi connectivity index (χ1v) is 7.80. The Morgan fingerprint density at radius 1 is 1.27 bits per heavy atom. The van der Waals surface area contributed by atoms with Crippen molar-refractivity contribution in [3.63, 3.8) is 0 Å². The number of morpholine rings is 1. The smallest absolute Gasteiger partial charge is 0.254 e. The number of carbonyl (C=O) groups excluding carboxylic acids is 1. The molecule has 0 aliphatic carbocycles. The zero-order valence-corrected chi connectivity index (χ0v) is 13.6. The van der Waals surface area contributed by atoms with Crippen molar-refractivity contribution in [2.45, 2.75) is 26.7 Å². The zero-order chi connectivity index (χ0) is 15.9. The van der Waals surface area contributed by atoms with Crippen molar-refractivity contribution in [3.8, 4) is 0 Å². The van der Waals surface area contributed by atoms with Crippen LogP contribution in [0.3, 0.4) is 0 Å². The second-order valence-corrected chi connectivity index (χ2v) is 5.90. The molecule has 1 heterocycles. The van der Waals surface area contributed by atoms with Gasteiger partial charge in [0.15, 0.2) is 0 Å². The van der Waals surface area contributed by atoms with E-state index in [4.69, 9.17) is 4.74 Å². The molecule has 1 saturated heterocycles. The van der Waals surface area contributed by atoms with E-state index in [1.165, 1.54) is 5.56 Å². The quantitative estimate of drug-likeness (QED) is 0.668. The minimum atomic E-state index is -0.0833. The fraction of sp³-hybridized carbons (Fsp3) is 0.529. The maximum absolute atomic E-state index is 11.9. The number of benzene rings is 1. The third kappa shape index (κ3) is 4.93. The van der Waals surface area contributed by atoms with Gasteiger partial charge in [-0.05, 0) is 24.0 Å². The average Bonchev–Trinajstić information content (AvgIpc) is 2.53. The largest absolute Gasteiger partial charge is 0.379 e. The lowest BCUT2D eigenvalue weighted by Gasteiger charge is -2.25. The van der Waals surface area contributed by atoms with Gasteiger partial charge >= 0.3 is 0 Å². The molecule has 0 radical (unpaired) electrons. The lowest BCUT2D eigenvalue weighted by atomic mass is 10.0. The number of hydrogen-bond donors (Lipinski definition) is 1. The topological polar surface area (TPSA) is 53.9 Å². The van der Waals surface area contributed by atoms with E-state index >= 15 is 0 Å². The minimum absolute atomic E-state index is 0.0833. The van der Waals surface area contributed by atoms with Crippen LogP contribution in [0.1, 0.15) is 37.8 Å². The first kappa shape index (κ1) is 16.6. The van der Waals surface area contributed by atoms with Crippen molar-refractivity contribution in [1.29, 1.82) is 0 Å². The first-order valence-electron chi connectivity index (χ1n) is 7.80. The maximum atomic E-state index is 11.9. The molecule has 1 fully saturated rings. The van der Waals surface area contributed by atoms with Gasteiger partial charge < -0.3 is 4.74 Å². The van der Waals surface area contributed by atoms with Crippen LogP contribution in [0.2, 0.25) is 0 Å². The Hall–Kier alpha value is -1.72. The molecule has 0 unspecified atom stereocenters. The van der Waals surface area contributed by atoms with Crippen molar-refractivity contribution >= 4 is 11.6 Å². The Morgan fingerprint density at radius 3 is 2.50 bits per heavy atom. The van der Waals surface area contributed by atoms with Gasteiger partial charge in [0, 0.05) is 13.1 Å². The van der Waals surface area contributed by atoms with Crippen molar-refractivity contribution in [3.05, 3.63) is 35.4 Å². The Labute approximate surface area is 132 Å². The predicted octanol–water partition coefficient (Wildman–Crippen LogP) is 1.98. The van der Waals surface area contributed by atoms with E-state index in [1.54, 1.807) is 0 Å². The van der Waals surface area contributed by atoms with Crippen LogP contribution in [0, 0.1) is 0 Å². The van der Waals surface area contributed by atoms with Gasteiger partial charge in [-0.3, -0.25) is 9.69 Å². The molecule has 0 spiro atoms. The number of ether oxygens (including phenoxy) is 1. The summed E-state index contributed by atoms with van der Waals surface area (Å²) in [6.45, 7) is 9.59. The summed E-state index contributed by atoms with van der Waals surface area (Å²) in [7, 11) is 0. The molecule has 0 atom stereocenters. The standard InChI is InChI=1S/C17H25N3O2/c1-13(2)15-4-6-16(7-5-15)14(3)18-19-17(21)12-20-8-10-22-11-9-20/h4-7,13H,8-12H2,1-3H3,(H,19,21)/b18-14+. The van der Waals surface area contributed by atoms with Gasteiger partial charge in [-0.15, -0.1) is 0 Å². The van der Waals surface area contributed by atoms with E-state index in [2.05, 4.69) is 41.4 Å². The van der Waals surface area contributed by atoms with Crippen molar-refractivity contribution in [1.82, 2.24) is 10.3 Å². The van der Waals surface area contributed by atoms with E-state index < -0.39 is 0 Å². The summed E-state index contributed by atoms with van der Waals surface area (Å²) in [4.78, 5) is 14.0. The van der Waals surface area contributed by atoms with E-state index in [1.807, 2.05) is 19.1 Å². The molecule has 1 amide bonds. The van der Waals surface area contributed by atoms with E-state index in [0.29, 0.717) is 25.7 Å². The molecule has 0 aromatic heterocycles. The fourth-order valence-corrected chi connectivity index (χ4v) is 2.32. The molecule has 0 saturated carbocycles. The highest BCUT2D eigenvalue weighted by Gasteiger charge is 2.13. The summed E-state index contributed by atoms with van der Waals surface area (Å²) in [6.07, 6.45) is 0. The Balaban J connectivity index is 1.87. The number of nitrogens with zero attached hydrogens (tertiary/aromatic N) is 2. The van der Waals surface area contributed by atoms with Crippen LogP contribution in [0.4, 0.5) is 0 Å². The summed E-state index contributed by atoms with van der Waals surface area (Å²) in [5, 5.41) is 4.19. The van der Waals surface area contributed by atoms with Crippen LogP contribution in [0.25, 0.3) is 0 Å². The Morgan fingerprint density at radius 2 is 1.91 bits per heavy atom. The minimum Gasteiger partial charge on any atom is -0.379 e. The third-order valence-electron chi connectivity index (χ3n) is 3.81. The van der Waals surface area contributed by atoms with Gasteiger partial charge in [0.25, 0.3) is 5.91 Å². The van der Waals surface area contributed by atoms with Crippen LogP contribution in [-0.2, 0) is 9.53 Å². The van der Waals surface area contributed by atoms with Crippen molar-refractivity contribution in [2.24, 2.45) is 5.10 Å². The van der Waals surface area contributed by atoms with Gasteiger partial charge in [-0.25, -0.2) is 5.43 Å². The molecule has 1 aliphatic heterocycles. The molecule has 22 heavy (non-hydrogen) atoms. The summed E-state index contributed by atoms with van der Waals surface area (Å²) >= 11 is 0. The molecule has 1 N–H and O–H groups in total. The predicted molar refractivity (Wildman–Crippen MR) is 88.1 cm³/mol. The van der Waals surface area contributed by atoms with Crippen LogP contribution >= 0.6 is 0 Å². The van der Waals surface area contributed by atoms with E-state index in [-0.39, 0.29) is 5.91 Å². The van der Waals surface area contributed by atoms with Crippen LogP contribution < -0.4 is 5.43 Å². The number of hydrogen-bond acceptors (Lipinski definition) is 4. The van der Waals surface area contributed by atoms with Crippen LogP contribution in [0.5, 0.6) is 0 Å². The molecular formula is C17H25N3O2. The fourth-order valence-electron chi connectivity index (χ4n) is 2.32. The molecule has 2 rings (SSSR count). The third-order valence-corrected chi connectivity index (χ3v) is 3.81. The molecule has 120 valence electrons. The molecule has 1 aliphatic rings. The Kier molecular flexibility index (Phi) is 6.10. The SMILES string of the molecule is C/C(=N\NC(=O)CN1CCOCC1)c1ccc(C(C)C)cc1. The highest BCUT2D eigenvalue weighted by atomic mass is 16.5. The molecule has 1 aromatic carbocycles. The number of rotatable bonds is 5. The summed E-state index contributed by atoms with van der Waals surface area (Å²) in [6, 6.07) is 8.30. The highest BCUT2D eigenvalue weighted by molar-refractivity contribution is 5.99. The van der Waals surface area contributed by atoms with Gasteiger partial charge in [0.05, 0.1) is 25.5 Å². The number of hydrazone groups is 1. The number of nitrogens with one attached hydrogen (secondary N) is 1. The van der Waals surface area contributed by atoms with Crippen molar-refractivity contribution < 1.29 is 9.53 Å². The molecule has 0 bridgehead atoms. The van der Waals surface area contributed by atoms with Gasteiger partial charge in [-0.1, -0.05) is 38.1 Å². The molecule has 5 nitrogen and oxygen atoms in total. The summed E-state index contributed by atoms with van der Waals surface area (Å²) in [5.41, 5.74) is 5.77. The number of carbonyl (C=O) groups is 1. The van der Waals surface area contributed by atoms with Crippen LogP contribution in [-0.4, -0.2) is 49.4 Å². The molecule has 1 aromatic rings. The second-order valence-electron chi connectivity index (χ2n) is 5.90. The second kappa shape index (κ2) is 8.06. The average molecular weight is 303 g/mol. The molecular weight excluding hydrogens is 278 g/mol. The lowest BCUT2D eigenvalue weighted by molar-refractivity contribution is -0.123. The summed E-state index contributed by atoms with van der Waals surface area (Å²) < 4.78 is 5.26. The van der Waals surface area contributed by atoms with E-state index in [0.717, 1.165) is 24.4 Å². The first-order chi connectivity index (χ1) is 10.6. The normalized spacial score (nSPS) is 16.8. The van der Waals surface area contributed by atoms with Crippen molar-refractivity contribution in [2.75, 3.05) is 32.8 Å². The monoisotopic (exact) mass is 303 g/mol. The van der Waals surface area contributed by atoms with E-state index in [9.17, 15) is 4.79 Å². The highest BCUT2D eigenvalue weighted by Crippen LogP contribution is 2.14. The van der Waals surface area contributed by atoms with Gasteiger partial charge in [0.2, 0.25) is 0 Å². The van der Waals surface area contributed by atoms with Gasteiger partial charge in [-0.2, -0.15) is 5.10 Å². The summed E-state index contributed by atoms with van der Waals surface area (Å²) in [5.74, 6) is 0.430. The lowest BCUT2D eigenvalue weighted by Crippen LogP contribution is -2.42. The Bertz CT molecular complexity index is 517. The van der Waals surface area contributed by atoms with Gasteiger partial charge in [0.1, 0.15) is 0 Å². The molecule has 5 heteroatoms. The van der Waals surface area contributed by atoms with Crippen LogP contribution in [0.15, 0.2) is 29.4 Å².